The van der Waals surface area contributed by atoms with E-state index >= 15 is 0 Å². The topological polar surface area (TPSA) is 59.2 Å². The zero-order chi connectivity index (χ0) is 13.8. The third kappa shape index (κ3) is 3.55. The van der Waals surface area contributed by atoms with Gasteiger partial charge in [-0.05, 0) is 25.7 Å². The predicted octanol–water partition coefficient (Wildman–Crippen LogP) is 2.87. The molecule has 2 rings (SSSR count). The first-order chi connectivity index (χ1) is 9.08. The number of carbonyl (C=O) groups excluding carboxylic acids is 1. The molecule has 0 spiro atoms. The largest absolute Gasteiger partial charge is 0.337 e. The van der Waals surface area contributed by atoms with Gasteiger partial charge in [-0.25, -0.2) is 0 Å². The summed E-state index contributed by atoms with van der Waals surface area (Å²) in [4.78, 5) is 18.6. The van der Waals surface area contributed by atoms with E-state index in [0.717, 1.165) is 32.2 Å². The highest BCUT2D eigenvalue weighted by Gasteiger charge is 2.30. The van der Waals surface area contributed by atoms with Crippen molar-refractivity contribution in [3.05, 3.63) is 11.7 Å². The van der Waals surface area contributed by atoms with E-state index in [2.05, 4.69) is 24.0 Å². The van der Waals surface area contributed by atoms with Crippen LogP contribution >= 0.6 is 0 Å². The smallest absolute Gasteiger partial charge is 0.249 e. The van der Waals surface area contributed by atoms with Gasteiger partial charge in [0.2, 0.25) is 11.8 Å². The monoisotopic (exact) mass is 265 g/mol. The minimum absolute atomic E-state index is 0.0325. The van der Waals surface area contributed by atoms with Crippen molar-refractivity contribution in [2.45, 2.75) is 58.9 Å². The van der Waals surface area contributed by atoms with E-state index in [4.69, 9.17) is 4.52 Å². The van der Waals surface area contributed by atoms with Gasteiger partial charge < -0.3 is 9.42 Å². The van der Waals surface area contributed by atoms with Gasteiger partial charge in [-0.15, -0.1) is 0 Å². The molecule has 1 aliphatic rings. The van der Waals surface area contributed by atoms with Crippen LogP contribution in [0.3, 0.4) is 0 Å². The number of aryl methyl sites for hydroxylation is 1. The SMILES string of the molecule is Cc1noc(C2CCCCCN2C(=O)CC(C)C)n1. The summed E-state index contributed by atoms with van der Waals surface area (Å²) in [6, 6.07) is -0.0325. The van der Waals surface area contributed by atoms with Crippen LogP contribution < -0.4 is 0 Å². The van der Waals surface area contributed by atoms with Gasteiger partial charge in [0.15, 0.2) is 5.82 Å². The maximum absolute atomic E-state index is 12.4. The number of amides is 1. The molecule has 1 aromatic heterocycles. The molecule has 0 N–H and O–H groups in total. The predicted molar refractivity (Wildman–Crippen MR) is 71.4 cm³/mol. The van der Waals surface area contributed by atoms with E-state index in [1.54, 1.807) is 0 Å². The van der Waals surface area contributed by atoms with Gasteiger partial charge >= 0.3 is 0 Å². The Morgan fingerprint density at radius 1 is 1.42 bits per heavy atom. The second-order valence-corrected chi connectivity index (χ2v) is 5.73. The Morgan fingerprint density at radius 2 is 2.21 bits per heavy atom. The van der Waals surface area contributed by atoms with Crippen LogP contribution in [0.5, 0.6) is 0 Å². The molecule has 106 valence electrons. The lowest BCUT2D eigenvalue weighted by Gasteiger charge is -2.28. The minimum atomic E-state index is -0.0325. The van der Waals surface area contributed by atoms with E-state index in [1.165, 1.54) is 0 Å². The van der Waals surface area contributed by atoms with Crippen LogP contribution in [0.2, 0.25) is 0 Å². The molecule has 0 bridgehead atoms. The summed E-state index contributed by atoms with van der Waals surface area (Å²) in [5.41, 5.74) is 0. The highest BCUT2D eigenvalue weighted by molar-refractivity contribution is 5.76. The molecule has 1 aromatic rings. The molecule has 0 radical (unpaired) electrons. The van der Waals surface area contributed by atoms with Gasteiger partial charge in [0.1, 0.15) is 6.04 Å². The van der Waals surface area contributed by atoms with E-state index in [-0.39, 0.29) is 11.9 Å². The van der Waals surface area contributed by atoms with Crippen LogP contribution in [0.25, 0.3) is 0 Å². The van der Waals surface area contributed by atoms with Crippen molar-refractivity contribution in [2.24, 2.45) is 5.92 Å². The Hall–Kier alpha value is -1.39. The Kier molecular flexibility index (Phi) is 4.56. The Labute approximate surface area is 114 Å². The van der Waals surface area contributed by atoms with Crippen molar-refractivity contribution in [3.63, 3.8) is 0 Å². The first-order valence-electron chi connectivity index (χ1n) is 7.17. The molecule has 1 saturated heterocycles. The summed E-state index contributed by atoms with van der Waals surface area (Å²) in [5.74, 6) is 1.81. The molecule has 1 atom stereocenters. The summed E-state index contributed by atoms with van der Waals surface area (Å²) in [6.07, 6.45) is 4.84. The number of likely N-dealkylation sites (tertiary alicyclic amines) is 1. The quantitative estimate of drug-likeness (QED) is 0.843. The molecular formula is C14H23N3O2. The molecule has 1 unspecified atom stereocenters. The maximum atomic E-state index is 12.4. The number of hydrogen-bond donors (Lipinski definition) is 0. The molecule has 19 heavy (non-hydrogen) atoms. The van der Waals surface area contributed by atoms with Gasteiger partial charge in [0, 0.05) is 13.0 Å². The summed E-state index contributed by atoms with van der Waals surface area (Å²) < 4.78 is 5.29. The first kappa shape index (κ1) is 14.0. The third-order valence-electron chi connectivity index (χ3n) is 3.48. The van der Waals surface area contributed by atoms with Gasteiger partial charge in [0.25, 0.3) is 0 Å². The Morgan fingerprint density at radius 3 is 2.84 bits per heavy atom. The van der Waals surface area contributed by atoms with Crippen molar-refractivity contribution < 1.29 is 9.32 Å². The van der Waals surface area contributed by atoms with Crippen LogP contribution in [-0.2, 0) is 4.79 Å². The zero-order valence-corrected chi connectivity index (χ0v) is 12.1. The number of carbonyl (C=O) groups is 1. The molecule has 5 nitrogen and oxygen atoms in total. The number of rotatable bonds is 3. The summed E-state index contributed by atoms with van der Waals surface area (Å²) in [7, 11) is 0. The van der Waals surface area contributed by atoms with Crippen LogP contribution in [-0.4, -0.2) is 27.5 Å². The Bertz CT molecular complexity index is 428. The van der Waals surface area contributed by atoms with Crippen LogP contribution in [0.4, 0.5) is 0 Å². The highest BCUT2D eigenvalue weighted by atomic mass is 16.5. The molecule has 1 aliphatic heterocycles. The molecule has 1 fully saturated rings. The first-order valence-corrected chi connectivity index (χ1v) is 7.17. The third-order valence-corrected chi connectivity index (χ3v) is 3.48. The standard InChI is InChI=1S/C14H23N3O2/c1-10(2)9-13(18)17-8-6-4-5-7-12(17)14-15-11(3)16-19-14/h10,12H,4-9H2,1-3H3. The van der Waals surface area contributed by atoms with Crippen LogP contribution in [0.1, 0.15) is 63.7 Å². The summed E-state index contributed by atoms with van der Waals surface area (Å²) in [6.45, 7) is 6.75. The normalized spacial score (nSPS) is 20.6. The van der Waals surface area contributed by atoms with E-state index < -0.39 is 0 Å². The summed E-state index contributed by atoms with van der Waals surface area (Å²) >= 11 is 0. The van der Waals surface area contributed by atoms with Gasteiger partial charge in [-0.2, -0.15) is 4.98 Å². The lowest BCUT2D eigenvalue weighted by atomic mass is 10.1. The lowest BCUT2D eigenvalue weighted by molar-refractivity contribution is -0.135. The molecular weight excluding hydrogens is 242 g/mol. The van der Waals surface area contributed by atoms with Crippen molar-refractivity contribution in [2.75, 3.05) is 6.54 Å². The molecule has 0 aliphatic carbocycles. The van der Waals surface area contributed by atoms with Gasteiger partial charge in [-0.1, -0.05) is 31.8 Å². The molecule has 0 aromatic carbocycles. The van der Waals surface area contributed by atoms with Gasteiger partial charge in [-0.3, -0.25) is 4.79 Å². The van der Waals surface area contributed by atoms with Crippen LogP contribution in [0.15, 0.2) is 4.52 Å². The fraction of sp³-hybridized carbons (Fsp3) is 0.786. The second kappa shape index (κ2) is 6.17. The minimum Gasteiger partial charge on any atom is -0.337 e. The molecule has 5 heteroatoms. The molecule has 2 heterocycles. The number of nitrogens with zero attached hydrogens (tertiary/aromatic N) is 3. The van der Waals surface area contributed by atoms with Gasteiger partial charge in [0.05, 0.1) is 0 Å². The number of aromatic nitrogens is 2. The highest BCUT2D eigenvalue weighted by Crippen LogP contribution is 2.30. The zero-order valence-electron chi connectivity index (χ0n) is 12.1. The average molecular weight is 265 g/mol. The van der Waals surface area contributed by atoms with E-state index in [0.29, 0.717) is 24.1 Å². The fourth-order valence-electron chi connectivity index (χ4n) is 2.58. The fourth-order valence-corrected chi connectivity index (χ4v) is 2.58. The second-order valence-electron chi connectivity index (χ2n) is 5.73. The average Bonchev–Trinajstić information content (AvgIpc) is 2.63. The molecule has 1 amide bonds. The summed E-state index contributed by atoms with van der Waals surface area (Å²) in [5, 5.41) is 3.85. The van der Waals surface area contributed by atoms with Crippen molar-refractivity contribution in [1.82, 2.24) is 15.0 Å². The van der Waals surface area contributed by atoms with Crippen molar-refractivity contribution in [1.29, 1.82) is 0 Å². The molecule has 0 saturated carbocycles. The Balaban J connectivity index is 2.18. The number of hydrogen-bond acceptors (Lipinski definition) is 4. The lowest BCUT2D eigenvalue weighted by Crippen LogP contribution is -2.35. The van der Waals surface area contributed by atoms with Crippen molar-refractivity contribution in [3.8, 4) is 0 Å². The maximum Gasteiger partial charge on any atom is 0.249 e. The van der Waals surface area contributed by atoms with E-state index in [9.17, 15) is 4.79 Å². The van der Waals surface area contributed by atoms with E-state index in [1.807, 2.05) is 11.8 Å². The van der Waals surface area contributed by atoms with Crippen molar-refractivity contribution >= 4 is 5.91 Å². The van der Waals surface area contributed by atoms with Crippen LogP contribution in [0, 0.1) is 12.8 Å².